The Morgan fingerprint density at radius 1 is 0.284 bits per heavy atom. The molecule has 0 bridgehead atoms. The van der Waals surface area contributed by atoms with Crippen LogP contribution < -0.4 is 19.7 Å². The van der Waals surface area contributed by atoms with Gasteiger partial charge in [-0.3, -0.25) is 0 Å². The lowest BCUT2D eigenvalue weighted by Crippen LogP contribution is -2.38. The van der Waals surface area contributed by atoms with Gasteiger partial charge in [-0.05, 0) is 144 Å². The van der Waals surface area contributed by atoms with Crippen LogP contribution in [0.25, 0.3) is 55.0 Å². The Morgan fingerprint density at radius 2 is 0.642 bits per heavy atom. The van der Waals surface area contributed by atoms with Gasteiger partial charge in [0.05, 0.1) is 44.3 Å². The average molecular weight is 1290 g/mol. The lowest BCUT2D eigenvalue weighted by atomic mass is 9.61. The van der Waals surface area contributed by atoms with E-state index in [1.165, 1.54) is 82.8 Å². The Labute approximate surface area is 561 Å². The number of para-hydroxylation sites is 12. The van der Waals surface area contributed by atoms with Crippen LogP contribution in [0.1, 0.15) is 59.4 Å². The zero-order chi connectivity index (χ0) is 61.6. The first-order chi connectivity index (χ1) is 46.1. The highest BCUT2D eigenvalue weighted by molar-refractivity contribution is 9.10. The molecular weight excluding hydrogens is 1220 g/mol. The molecule has 0 radical (unpaired) electrons. The molecule has 2 atom stereocenters. The zero-order valence-electron chi connectivity index (χ0n) is 50.4. The fraction of sp³-hybridized carbons (Fsp3) is 0.0455. The number of halogens is 1. The molecule has 4 aliphatic heterocycles. The molecule has 16 aromatic rings. The van der Waals surface area contributed by atoms with Crippen LogP contribution in [0.2, 0.25) is 0 Å². The number of hydrogen-bond donors (Lipinski definition) is 1. The van der Waals surface area contributed by atoms with Gasteiger partial charge in [0.15, 0.2) is 0 Å². The monoisotopic (exact) mass is 1290 g/mol. The predicted molar refractivity (Wildman–Crippen MR) is 397 cm³/mol. The number of hydrogen-bond acceptors (Lipinski definition) is 4. The molecule has 95 heavy (non-hydrogen) atoms. The third-order valence-electron chi connectivity index (χ3n) is 19.2. The molecule has 1 N–H and O–H groups in total. The molecule has 0 saturated heterocycles. The van der Waals surface area contributed by atoms with Crippen LogP contribution >= 0.6 is 15.9 Å². The molecule has 14 aromatic carbocycles. The molecule has 0 amide bonds. The van der Waals surface area contributed by atoms with E-state index < -0.39 is 10.8 Å². The lowest BCUT2D eigenvalue weighted by Gasteiger charge is -2.45. The van der Waals surface area contributed by atoms with Crippen molar-refractivity contribution in [2.24, 2.45) is 0 Å². The topological polar surface area (TPSA) is 43.6 Å². The normalized spacial score (nSPS) is 15.1. The summed E-state index contributed by atoms with van der Waals surface area (Å²) in [6.07, 6.45) is 0. The molecule has 0 aliphatic carbocycles. The Balaban J connectivity index is 0.000000127. The summed E-state index contributed by atoms with van der Waals surface area (Å²) in [6.45, 7) is 0. The molecular formula is C88H65BrN4O2. The molecule has 7 heteroatoms. The van der Waals surface area contributed by atoms with Crippen LogP contribution in [0.15, 0.2) is 344 Å². The molecule has 6 nitrogen and oxygen atoms in total. The third-order valence-corrected chi connectivity index (χ3v) is 19.6. The maximum atomic E-state index is 6.78. The number of nitrogens with zero attached hydrogens (tertiary/aromatic N) is 3. The van der Waals surface area contributed by atoms with E-state index in [1.54, 1.807) is 0 Å². The van der Waals surface area contributed by atoms with Gasteiger partial charge >= 0.3 is 0 Å². The largest absolute Gasteiger partial charge is 0.457 e. The van der Waals surface area contributed by atoms with Gasteiger partial charge in [-0.1, -0.05) is 249 Å². The van der Waals surface area contributed by atoms with Gasteiger partial charge in [0.25, 0.3) is 0 Å². The van der Waals surface area contributed by atoms with Gasteiger partial charge in [-0.15, -0.1) is 0 Å². The molecule has 2 aromatic heterocycles. The van der Waals surface area contributed by atoms with Crippen molar-refractivity contribution in [2.75, 3.05) is 10.2 Å². The summed E-state index contributed by atoms with van der Waals surface area (Å²) in [7, 11) is 0. The molecule has 0 saturated carbocycles. The van der Waals surface area contributed by atoms with Gasteiger partial charge in [0.1, 0.15) is 23.0 Å². The fourth-order valence-electron chi connectivity index (χ4n) is 15.6. The van der Waals surface area contributed by atoms with Gasteiger partial charge in [0, 0.05) is 76.7 Å². The van der Waals surface area contributed by atoms with Crippen molar-refractivity contribution in [1.29, 1.82) is 0 Å². The van der Waals surface area contributed by atoms with Crippen molar-refractivity contribution in [3.63, 3.8) is 0 Å². The highest BCUT2D eigenvalue weighted by Gasteiger charge is 2.52. The number of nitrogens with one attached hydrogen (secondary N) is 1. The SMILES string of the molecule is Brc1ccc2c(c1)C1(c3ccccc3O2)c2ccccc2-n2c3ccccc3c3cccc1c32.C.C.c1ccc(N(c2ccccc2)c2ccc3c(c2)C2(c4ccccc4O3)c3ccccc3-n3c4ccccc4c4cccc2c43)cc1.c1ccc(Nc2ccccc2)cc1. The first-order valence-electron chi connectivity index (χ1n) is 31.6. The summed E-state index contributed by atoms with van der Waals surface area (Å²) in [5.74, 6) is 3.58. The first-order valence-corrected chi connectivity index (χ1v) is 32.4. The summed E-state index contributed by atoms with van der Waals surface area (Å²) in [6, 6.07) is 121. The van der Waals surface area contributed by atoms with E-state index in [2.05, 4.69) is 314 Å². The van der Waals surface area contributed by atoms with Crippen molar-refractivity contribution in [2.45, 2.75) is 25.7 Å². The van der Waals surface area contributed by atoms with E-state index in [-0.39, 0.29) is 14.9 Å². The number of benzene rings is 14. The van der Waals surface area contributed by atoms with Crippen LogP contribution in [-0.2, 0) is 10.8 Å². The van der Waals surface area contributed by atoms with Crippen LogP contribution in [0.5, 0.6) is 23.0 Å². The molecule has 2 spiro atoms. The van der Waals surface area contributed by atoms with Gasteiger partial charge in [-0.25, -0.2) is 0 Å². The maximum absolute atomic E-state index is 6.78. The Kier molecular flexibility index (Phi) is 14.4. The van der Waals surface area contributed by atoms with E-state index in [9.17, 15) is 0 Å². The molecule has 0 fully saturated rings. The number of fused-ring (bicyclic) bond motifs is 22. The molecule has 456 valence electrons. The van der Waals surface area contributed by atoms with E-state index in [0.717, 1.165) is 72.6 Å². The predicted octanol–water partition coefficient (Wildman–Crippen LogP) is 24.1. The van der Waals surface area contributed by atoms with Crippen molar-refractivity contribution in [3.05, 3.63) is 389 Å². The molecule has 6 heterocycles. The summed E-state index contributed by atoms with van der Waals surface area (Å²) in [5, 5.41) is 8.39. The minimum absolute atomic E-state index is 0. The summed E-state index contributed by atoms with van der Waals surface area (Å²) < 4.78 is 19.2. The third kappa shape index (κ3) is 8.91. The Morgan fingerprint density at radius 3 is 1.13 bits per heavy atom. The first kappa shape index (κ1) is 58.4. The standard InChI is InChI=1S/C43H28N2O.C31H18BrNO.C12H11N.2CH4/c1-3-14-29(15-4-1)44(30-16-5-2-6-17-30)31-26-27-41-37(28-31)43(35-21-9-12-25-40(35)46-41)34-20-8-11-24-39(34)45-38-23-10-7-18-32(38)33-19-13-22-36(43)42(33)45;32-19-16-17-29-25(18-19)31(23-11-3-6-15-28(23)34-29)22-10-2-5-14-27(22)33-26-13-4-1-8-20(26)21-9-7-12-24(31)30(21)33;1-3-7-11(8-4-1)13-12-9-5-2-6-10-12;;/h1-28H;1-18H;1-10,13H;2*1H4. The van der Waals surface area contributed by atoms with Crippen LogP contribution in [0.3, 0.4) is 0 Å². The van der Waals surface area contributed by atoms with Crippen molar-refractivity contribution < 1.29 is 9.47 Å². The Bertz CT molecular complexity index is 5510. The summed E-state index contributed by atoms with van der Waals surface area (Å²) >= 11 is 3.76. The maximum Gasteiger partial charge on any atom is 0.132 e. The van der Waals surface area contributed by atoms with E-state index in [1.807, 2.05) is 60.7 Å². The Hall–Kier alpha value is -11.6. The van der Waals surface area contributed by atoms with Crippen LogP contribution in [0.4, 0.5) is 28.4 Å². The minimum Gasteiger partial charge on any atom is -0.457 e. The van der Waals surface area contributed by atoms with Crippen molar-refractivity contribution >= 4 is 88.0 Å². The van der Waals surface area contributed by atoms with Crippen LogP contribution in [0, 0.1) is 0 Å². The molecule has 20 rings (SSSR count). The quantitative estimate of drug-likeness (QED) is 0.187. The second-order valence-corrected chi connectivity index (χ2v) is 24.9. The zero-order valence-corrected chi connectivity index (χ0v) is 52.0. The number of anilines is 5. The van der Waals surface area contributed by atoms with Crippen molar-refractivity contribution in [3.8, 4) is 34.4 Å². The van der Waals surface area contributed by atoms with Crippen molar-refractivity contribution in [1.82, 2.24) is 9.13 Å². The highest BCUT2D eigenvalue weighted by Crippen LogP contribution is 2.63. The lowest BCUT2D eigenvalue weighted by molar-refractivity contribution is 0.433. The average Bonchev–Trinajstić information content (AvgIpc) is 1.67. The molecule has 4 aliphatic rings. The molecule has 2 unspecified atom stereocenters. The number of ether oxygens (including phenoxy) is 2. The number of aromatic nitrogens is 2. The summed E-state index contributed by atoms with van der Waals surface area (Å²) in [5.41, 5.74) is 21.5. The van der Waals surface area contributed by atoms with Gasteiger partial charge in [-0.2, -0.15) is 0 Å². The van der Waals surface area contributed by atoms with E-state index in [0.29, 0.717) is 0 Å². The van der Waals surface area contributed by atoms with Crippen LogP contribution in [-0.4, -0.2) is 9.13 Å². The second-order valence-electron chi connectivity index (χ2n) is 24.0. The van der Waals surface area contributed by atoms with E-state index >= 15 is 0 Å². The second kappa shape index (κ2) is 23.5. The van der Waals surface area contributed by atoms with Gasteiger partial charge < -0.3 is 28.8 Å². The van der Waals surface area contributed by atoms with Gasteiger partial charge in [0.2, 0.25) is 0 Å². The highest BCUT2D eigenvalue weighted by atomic mass is 79.9. The minimum atomic E-state index is -0.611. The smallest absolute Gasteiger partial charge is 0.132 e. The fourth-order valence-corrected chi connectivity index (χ4v) is 15.9. The van der Waals surface area contributed by atoms with E-state index in [4.69, 9.17) is 9.47 Å². The summed E-state index contributed by atoms with van der Waals surface area (Å²) in [4.78, 5) is 2.33. The number of rotatable bonds is 5.